The maximum absolute atomic E-state index is 11.5. The molecule has 82 valence electrons. The smallest absolute Gasteiger partial charge is 0.338 e. The van der Waals surface area contributed by atoms with Gasteiger partial charge in [0.05, 0.1) is 12.2 Å². The fraction of sp³-hybridized carbons (Fsp3) is 0.417. The lowest BCUT2D eigenvalue weighted by Crippen LogP contribution is -2.08. The van der Waals surface area contributed by atoms with E-state index in [2.05, 4.69) is 13.8 Å². The van der Waals surface area contributed by atoms with Crippen LogP contribution in [0.1, 0.15) is 30.6 Å². The predicted molar refractivity (Wildman–Crippen MR) is 60.6 cm³/mol. The molecule has 0 unspecified atom stereocenters. The van der Waals surface area contributed by atoms with Crippen molar-refractivity contribution in [3.05, 3.63) is 29.8 Å². The van der Waals surface area contributed by atoms with Gasteiger partial charge in [-0.25, -0.2) is 4.79 Å². The summed E-state index contributed by atoms with van der Waals surface area (Å²) in [5, 5.41) is 0. The number of carbonyl (C=O) groups is 1. The number of ether oxygens (including phenoxy) is 1. The largest absolute Gasteiger partial charge is 0.462 e. The van der Waals surface area contributed by atoms with Crippen LogP contribution >= 0.6 is 0 Å². The molecule has 0 radical (unpaired) electrons. The van der Waals surface area contributed by atoms with Crippen LogP contribution in [0.5, 0.6) is 0 Å². The summed E-state index contributed by atoms with van der Waals surface area (Å²) in [5.74, 6) is 0.264. The number of hydrogen-bond donors (Lipinski definition) is 1. The van der Waals surface area contributed by atoms with E-state index in [1.165, 1.54) is 0 Å². The maximum Gasteiger partial charge on any atom is 0.338 e. The van der Waals surface area contributed by atoms with E-state index in [0.717, 1.165) is 6.42 Å². The number of benzene rings is 1. The van der Waals surface area contributed by atoms with E-state index in [0.29, 0.717) is 23.8 Å². The highest BCUT2D eigenvalue weighted by Gasteiger charge is 2.06. The van der Waals surface area contributed by atoms with Crippen LogP contribution in [0.4, 0.5) is 5.69 Å². The Morgan fingerprint density at radius 2 is 1.93 bits per heavy atom. The van der Waals surface area contributed by atoms with E-state index >= 15 is 0 Å². The highest BCUT2D eigenvalue weighted by atomic mass is 16.5. The van der Waals surface area contributed by atoms with E-state index < -0.39 is 0 Å². The Bertz CT molecular complexity index is 317. The second-order valence-electron chi connectivity index (χ2n) is 3.94. The van der Waals surface area contributed by atoms with Crippen LogP contribution < -0.4 is 5.73 Å². The zero-order chi connectivity index (χ0) is 11.3. The van der Waals surface area contributed by atoms with E-state index in [-0.39, 0.29) is 5.97 Å². The average molecular weight is 207 g/mol. The summed E-state index contributed by atoms with van der Waals surface area (Å²) in [4.78, 5) is 11.5. The first-order valence-electron chi connectivity index (χ1n) is 5.12. The number of anilines is 1. The van der Waals surface area contributed by atoms with Gasteiger partial charge in [0, 0.05) is 5.69 Å². The summed E-state index contributed by atoms with van der Waals surface area (Å²) in [6, 6.07) is 6.73. The number of hydrogen-bond acceptors (Lipinski definition) is 3. The molecular formula is C12H17NO2. The Morgan fingerprint density at radius 3 is 2.47 bits per heavy atom. The molecule has 1 rings (SSSR count). The van der Waals surface area contributed by atoms with Crippen LogP contribution in [0.2, 0.25) is 0 Å². The minimum Gasteiger partial charge on any atom is -0.462 e. The molecular weight excluding hydrogens is 190 g/mol. The first kappa shape index (κ1) is 11.6. The van der Waals surface area contributed by atoms with Gasteiger partial charge in [0.1, 0.15) is 0 Å². The molecule has 0 aliphatic rings. The van der Waals surface area contributed by atoms with Gasteiger partial charge in [0.25, 0.3) is 0 Å². The molecule has 2 N–H and O–H groups in total. The first-order valence-corrected chi connectivity index (χ1v) is 5.12. The van der Waals surface area contributed by atoms with Crippen molar-refractivity contribution in [1.82, 2.24) is 0 Å². The van der Waals surface area contributed by atoms with E-state index in [1.54, 1.807) is 24.3 Å². The molecule has 0 saturated heterocycles. The summed E-state index contributed by atoms with van der Waals surface area (Å²) < 4.78 is 5.10. The lowest BCUT2D eigenvalue weighted by atomic mass is 10.1. The van der Waals surface area contributed by atoms with Crippen molar-refractivity contribution in [2.24, 2.45) is 5.92 Å². The molecule has 0 atom stereocenters. The first-order chi connectivity index (χ1) is 7.09. The second-order valence-corrected chi connectivity index (χ2v) is 3.94. The lowest BCUT2D eigenvalue weighted by Gasteiger charge is -2.06. The molecule has 0 aliphatic heterocycles. The van der Waals surface area contributed by atoms with Crippen LogP contribution in [0.3, 0.4) is 0 Å². The number of carbonyl (C=O) groups excluding carboxylic acids is 1. The standard InChI is InChI=1S/C12H17NO2/c1-9(2)7-8-15-12(14)10-3-5-11(13)6-4-10/h3-6,9H,7-8,13H2,1-2H3. The van der Waals surface area contributed by atoms with Gasteiger partial charge >= 0.3 is 5.97 Å². The highest BCUT2D eigenvalue weighted by molar-refractivity contribution is 5.89. The van der Waals surface area contributed by atoms with E-state index in [4.69, 9.17) is 10.5 Å². The predicted octanol–water partition coefficient (Wildman–Crippen LogP) is 2.47. The van der Waals surface area contributed by atoms with Crippen molar-refractivity contribution in [3.63, 3.8) is 0 Å². The summed E-state index contributed by atoms with van der Waals surface area (Å²) >= 11 is 0. The fourth-order valence-corrected chi connectivity index (χ4v) is 1.09. The summed E-state index contributed by atoms with van der Waals surface area (Å²) in [5.41, 5.74) is 6.71. The van der Waals surface area contributed by atoms with Gasteiger partial charge < -0.3 is 10.5 Å². The fourth-order valence-electron chi connectivity index (χ4n) is 1.09. The number of nitrogen functional groups attached to an aromatic ring is 1. The van der Waals surface area contributed by atoms with Gasteiger partial charge in [-0.2, -0.15) is 0 Å². The third kappa shape index (κ3) is 4.02. The summed E-state index contributed by atoms with van der Waals surface area (Å²) in [7, 11) is 0. The van der Waals surface area contributed by atoms with Crippen molar-refractivity contribution in [2.75, 3.05) is 12.3 Å². The van der Waals surface area contributed by atoms with Gasteiger partial charge in [-0.15, -0.1) is 0 Å². The monoisotopic (exact) mass is 207 g/mol. The number of rotatable bonds is 4. The van der Waals surface area contributed by atoms with Crippen molar-refractivity contribution in [2.45, 2.75) is 20.3 Å². The van der Waals surface area contributed by atoms with Crippen LogP contribution in [0, 0.1) is 5.92 Å². The highest BCUT2D eigenvalue weighted by Crippen LogP contribution is 2.08. The van der Waals surface area contributed by atoms with Crippen molar-refractivity contribution < 1.29 is 9.53 Å². The van der Waals surface area contributed by atoms with Gasteiger partial charge in [-0.1, -0.05) is 13.8 Å². The zero-order valence-corrected chi connectivity index (χ0v) is 9.19. The van der Waals surface area contributed by atoms with Crippen LogP contribution in [-0.4, -0.2) is 12.6 Å². The average Bonchev–Trinajstić information content (AvgIpc) is 2.18. The van der Waals surface area contributed by atoms with Gasteiger partial charge in [-0.3, -0.25) is 0 Å². The molecule has 0 bridgehead atoms. The Kier molecular flexibility index (Phi) is 4.16. The molecule has 1 aromatic rings. The minimum absolute atomic E-state index is 0.282. The maximum atomic E-state index is 11.5. The van der Waals surface area contributed by atoms with Crippen molar-refractivity contribution >= 4 is 11.7 Å². The minimum atomic E-state index is -0.282. The Hall–Kier alpha value is -1.51. The molecule has 3 nitrogen and oxygen atoms in total. The lowest BCUT2D eigenvalue weighted by molar-refractivity contribution is 0.0488. The molecule has 15 heavy (non-hydrogen) atoms. The normalized spacial score (nSPS) is 10.3. The molecule has 0 aromatic heterocycles. The molecule has 0 spiro atoms. The molecule has 0 heterocycles. The molecule has 0 fully saturated rings. The van der Waals surface area contributed by atoms with Crippen molar-refractivity contribution in [3.8, 4) is 0 Å². The SMILES string of the molecule is CC(C)CCOC(=O)c1ccc(N)cc1. The Labute approximate surface area is 90.2 Å². The molecule has 3 heteroatoms. The number of esters is 1. The molecule has 1 aromatic carbocycles. The third-order valence-corrected chi connectivity index (χ3v) is 2.07. The van der Waals surface area contributed by atoms with Crippen LogP contribution in [0.25, 0.3) is 0 Å². The van der Waals surface area contributed by atoms with E-state index in [1.807, 2.05) is 0 Å². The molecule has 0 amide bonds. The van der Waals surface area contributed by atoms with E-state index in [9.17, 15) is 4.79 Å². The topological polar surface area (TPSA) is 52.3 Å². The molecule has 0 aliphatic carbocycles. The van der Waals surface area contributed by atoms with Crippen LogP contribution in [-0.2, 0) is 4.74 Å². The summed E-state index contributed by atoms with van der Waals surface area (Å²) in [6.45, 7) is 4.66. The Morgan fingerprint density at radius 1 is 1.33 bits per heavy atom. The third-order valence-electron chi connectivity index (χ3n) is 2.07. The van der Waals surface area contributed by atoms with Gasteiger partial charge in [0.2, 0.25) is 0 Å². The van der Waals surface area contributed by atoms with Gasteiger partial charge in [0.15, 0.2) is 0 Å². The van der Waals surface area contributed by atoms with Gasteiger partial charge in [-0.05, 0) is 36.6 Å². The molecule has 0 saturated carbocycles. The quantitative estimate of drug-likeness (QED) is 0.609. The zero-order valence-electron chi connectivity index (χ0n) is 9.19. The summed E-state index contributed by atoms with van der Waals surface area (Å²) in [6.07, 6.45) is 0.890. The van der Waals surface area contributed by atoms with Crippen LogP contribution in [0.15, 0.2) is 24.3 Å². The van der Waals surface area contributed by atoms with Crippen molar-refractivity contribution in [1.29, 1.82) is 0 Å². The second kappa shape index (κ2) is 5.39. The Balaban J connectivity index is 2.43. The number of nitrogens with two attached hydrogens (primary N) is 1.